The van der Waals surface area contributed by atoms with Crippen molar-refractivity contribution in [1.29, 1.82) is 0 Å². The van der Waals surface area contributed by atoms with Crippen LogP contribution in [0.5, 0.6) is 0 Å². The second-order valence-electron chi connectivity index (χ2n) is 4.87. The van der Waals surface area contributed by atoms with Gasteiger partial charge >= 0.3 is 0 Å². The molecule has 0 radical (unpaired) electrons. The largest absolute Gasteiger partial charge is 0.329 e. The maximum Gasteiger partial charge on any atom is 0.244 e. The zero-order chi connectivity index (χ0) is 15.6. The number of nitrogens with two attached hydrogens (primary N) is 1. The molecule has 2 rings (SSSR count). The van der Waals surface area contributed by atoms with Crippen LogP contribution in [-0.4, -0.2) is 24.7 Å². The Hall–Kier alpha value is -1.22. The van der Waals surface area contributed by atoms with E-state index in [1.807, 2.05) is 24.4 Å². The Bertz CT molecular complexity index is 705. The zero-order valence-electron chi connectivity index (χ0n) is 12.3. The summed E-state index contributed by atoms with van der Waals surface area (Å²) in [7, 11) is -3.61. The van der Waals surface area contributed by atoms with Gasteiger partial charge in [0.25, 0.3) is 0 Å². The molecule has 2 heterocycles. The minimum atomic E-state index is -3.61. The molecular weight excluding hydrogens is 308 g/mol. The van der Waals surface area contributed by atoms with E-state index in [4.69, 9.17) is 5.73 Å². The summed E-state index contributed by atoms with van der Waals surface area (Å²) in [5.74, 6) is 0. The first-order valence-electron chi connectivity index (χ1n) is 6.66. The van der Waals surface area contributed by atoms with Gasteiger partial charge in [-0.1, -0.05) is 6.07 Å². The summed E-state index contributed by atoms with van der Waals surface area (Å²) >= 11 is 1.52. The lowest BCUT2D eigenvalue weighted by atomic mass is 10.3. The molecule has 0 saturated carbocycles. The maximum atomic E-state index is 12.6. The van der Waals surface area contributed by atoms with Crippen molar-refractivity contribution in [3.63, 3.8) is 0 Å². The van der Waals surface area contributed by atoms with Crippen molar-refractivity contribution in [2.75, 3.05) is 6.54 Å². The average Bonchev–Trinajstić information content (AvgIpc) is 2.98. The van der Waals surface area contributed by atoms with E-state index in [0.717, 1.165) is 4.88 Å². The highest BCUT2D eigenvalue weighted by atomic mass is 32.2. The first-order chi connectivity index (χ1) is 9.86. The number of sulfonamides is 1. The molecule has 3 N–H and O–H groups in total. The van der Waals surface area contributed by atoms with Gasteiger partial charge in [-0.05, 0) is 32.2 Å². The summed E-state index contributed by atoms with van der Waals surface area (Å²) in [4.78, 5) is 1.22. The third-order valence-electron chi connectivity index (χ3n) is 3.23. The number of nitrogens with zero attached hydrogens (tertiary/aromatic N) is 2. The van der Waals surface area contributed by atoms with Gasteiger partial charge in [-0.3, -0.25) is 4.68 Å². The number of hydrogen-bond acceptors (Lipinski definition) is 5. The van der Waals surface area contributed by atoms with Gasteiger partial charge in [-0.25, -0.2) is 13.1 Å². The van der Waals surface area contributed by atoms with Gasteiger partial charge < -0.3 is 5.73 Å². The first kappa shape index (κ1) is 16.2. The van der Waals surface area contributed by atoms with Crippen LogP contribution in [0.25, 0.3) is 0 Å². The topological polar surface area (TPSA) is 90.0 Å². The monoisotopic (exact) mass is 328 g/mol. The van der Waals surface area contributed by atoms with E-state index in [-0.39, 0.29) is 10.9 Å². The molecule has 0 aromatic carbocycles. The van der Waals surface area contributed by atoms with Crippen molar-refractivity contribution in [2.24, 2.45) is 5.73 Å². The van der Waals surface area contributed by atoms with E-state index >= 15 is 0 Å². The van der Waals surface area contributed by atoms with Crippen molar-refractivity contribution in [1.82, 2.24) is 14.5 Å². The molecule has 0 fully saturated rings. The molecule has 1 unspecified atom stereocenters. The molecule has 2 aromatic rings. The molecule has 6 nitrogen and oxygen atoms in total. The van der Waals surface area contributed by atoms with Gasteiger partial charge in [0, 0.05) is 11.4 Å². The van der Waals surface area contributed by atoms with Crippen molar-refractivity contribution < 1.29 is 8.42 Å². The highest BCUT2D eigenvalue weighted by Crippen LogP contribution is 2.24. The molecule has 0 spiro atoms. The molecular formula is C13H20N4O2S2. The number of hydrogen-bond donors (Lipinski definition) is 2. The van der Waals surface area contributed by atoms with E-state index in [9.17, 15) is 8.42 Å². The van der Waals surface area contributed by atoms with Crippen molar-refractivity contribution >= 4 is 21.4 Å². The van der Waals surface area contributed by atoms with Gasteiger partial charge in [-0.15, -0.1) is 11.3 Å². The van der Waals surface area contributed by atoms with Crippen LogP contribution in [0.4, 0.5) is 0 Å². The smallest absolute Gasteiger partial charge is 0.244 e. The van der Waals surface area contributed by atoms with E-state index in [1.165, 1.54) is 11.3 Å². The SMILES string of the molecule is Cc1nn(CCN)c(C)c1S(=O)(=O)NC(C)c1cccs1. The van der Waals surface area contributed by atoms with Crippen LogP contribution in [0, 0.1) is 13.8 Å². The first-order valence-corrected chi connectivity index (χ1v) is 9.03. The van der Waals surface area contributed by atoms with E-state index < -0.39 is 10.0 Å². The van der Waals surface area contributed by atoms with Crippen LogP contribution in [0.15, 0.2) is 22.4 Å². The molecule has 8 heteroatoms. The summed E-state index contributed by atoms with van der Waals surface area (Å²) < 4.78 is 29.6. The van der Waals surface area contributed by atoms with Crippen molar-refractivity contribution in [3.8, 4) is 0 Å². The van der Waals surface area contributed by atoms with E-state index in [0.29, 0.717) is 24.5 Å². The Kier molecular flexibility index (Phi) is 4.82. The van der Waals surface area contributed by atoms with Crippen LogP contribution in [0.1, 0.15) is 29.2 Å². The highest BCUT2D eigenvalue weighted by Gasteiger charge is 2.26. The van der Waals surface area contributed by atoms with Crippen LogP contribution in [0.3, 0.4) is 0 Å². The number of aryl methyl sites for hydroxylation is 1. The summed E-state index contributed by atoms with van der Waals surface area (Å²) in [6.07, 6.45) is 0. The van der Waals surface area contributed by atoms with E-state index in [2.05, 4.69) is 9.82 Å². The molecule has 0 aliphatic heterocycles. The number of nitrogens with one attached hydrogen (secondary N) is 1. The van der Waals surface area contributed by atoms with Gasteiger partial charge in [-0.2, -0.15) is 5.10 Å². The predicted octanol–water partition coefficient (Wildman–Crippen LogP) is 1.56. The van der Waals surface area contributed by atoms with Crippen LogP contribution < -0.4 is 10.5 Å². The molecule has 2 aromatic heterocycles. The molecule has 116 valence electrons. The fourth-order valence-corrected chi connectivity index (χ4v) is 4.74. The Morgan fingerprint density at radius 1 is 1.48 bits per heavy atom. The van der Waals surface area contributed by atoms with Gasteiger partial charge in [0.2, 0.25) is 10.0 Å². The fraction of sp³-hybridized carbons (Fsp3) is 0.462. The predicted molar refractivity (Wildman–Crippen MR) is 83.8 cm³/mol. The number of rotatable bonds is 6. The minimum Gasteiger partial charge on any atom is -0.329 e. The van der Waals surface area contributed by atoms with E-state index in [1.54, 1.807) is 18.5 Å². The Morgan fingerprint density at radius 2 is 2.19 bits per heavy atom. The fourth-order valence-electron chi connectivity index (χ4n) is 2.30. The van der Waals surface area contributed by atoms with Crippen LogP contribution in [-0.2, 0) is 16.6 Å². The molecule has 0 saturated heterocycles. The summed E-state index contributed by atoms with van der Waals surface area (Å²) in [6, 6.07) is 3.54. The average molecular weight is 328 g/mol. The molecule has 0 bridgehead atoms. The lowest BCUT2D eigenvalue weighted by Crippen LogP contribution is -2.27. The lowest BCUT2D eigenvalue weighted by molar-refractivity contribution is 0.565. The zero-order valence-corrected chi connectivity index (χ0v) is 14.0. The Labute approximate surface area is 129 Å². The van der Waals surface area contributed by atoms with Gasteiger partial charge in [0.1, 0.15) is 4.90 Å². The second-order valence-corrected chi connectivity index (χ2v) is 7.50. The number of thiophene rings is 1. The van der Waals surface area contributed by atoms with Gasteiger partial charge in [0.05, 0.1) is 24.0 Å². The van der Waals surface area contributed by atoms with Crippen molar-refractivity contribution in [2.45, 2.75) is 38.3 Å². The molecule has 0 aliphatic carbocycles. The summed E-state index contributed by atoms with van der Waals surface area (Å²) in [5.41, 5.74) is 6.63. The van der Waals surface area contributed by atoms with Gasteiger partial charge in [0.15, 0.2) is 0 Å². The lowest BCUT2D eigenvalue weighted by Gasteiger charge is -2.13. The Balaban J connectivity index is 2.32. The summed E-state index contributed by atoms with van der Waals surface area (Å²) in [6.45, 7) is 6.20. The quantitative estimate of drug-likeness (QED) is 0.842. The number of aromatic nitrogens is 2. The third-order valence-corrected chi connectivity index (χ3v) is 6.07. The third kappa shape index (κ3) is 3.34. The maximum absolute atomic E-state index is 12.6. The molecule has 21 heavy (non-hydrogen) atoms. The highest BCUT2D eigenvalue weighted by molar-refractivity contribution is 7.89. The van der Waals surface area contributed by atoms with Crippen LogP contribution in [0.2, 0.25) is 0 Å². The Morgan fingerprint density at radius 3 is 2.76 bits per heavy atom. The molecule has 0 amide bonds. The normalized spacial score (nSPS) is 13.5. The minimum absolute atomic E-state index is 0.249. The summed E-state index contributed by atoms with van der Waals surface area (Å²) in [5, 5.41) is 6.18. The standard InChI is InChI=1S/C13H20N4O2S2/c1-9(12-5-4-8-20-12)16-21(18,19)13-10(2)15-17(7-6-14)11(13)3/h4-5,8-9,16H,6-7,14H2,1-3H3. The second kappa shape index (κ2) is 6.27. The molecule has 0 aliphatic rings. The molecule has 1 atom stereocenters. The van der Waals surface area contributed by atoms with Crippen LogP contribution >= 0.6 is 11.3 Å². The van der Waals surface area contributed by atoms with Crippen molar-refractivity contribution in [3.05, 3.63) is 33.8 Å².